The Morgan fingerprint density at radius 2 is 1.96 bits per heavy atom. The quantitative estimate of drug-likeness (QED) is 0.799. The number of likely N-dealkylation sites (tertiary alicyclic amines) is 1. The van der Waals surface area contributed by atoms with E-state index in [0.29, 0.717) is 18.4 Å². The molecule has 1 aliphatic carbocycles. The number of aliphatic hydroxyl groups is 1. The summed E-state index contributed by atoms with van der Waals surface area (Å²) in [7, 11) is 1.49. The summed E-state index contributed by atoms with van der Waals surface area (Å²) in [6.45, 7) is 5.27. The Bertz CT molecular complexity index is 806. The number of hydrogen-bond donors (Lipinski definition) is 1. The van der Waals surface area contributed by atoms with E-state index < -0.39 is 40.3 Å². The number of piperidine rings is 1. The topological polar surface area (TPSA) is 66.8 Å². The van der Waals surface area contributed by atoms with E-state index in [1.807, 2.05) is 0 Å². The van der Waals surface area contributed by atoms with Crippen LogP contribution in [0.25, 0.3) is 0 Å². The van der Waals surface area contributed by atoms with E-state index in [9.17, 15) is 23.5 Å². The van der Waals surface area contributed by atoms with Gasteiger partial charge in [0.1, 0.15) is 11.0 Å². The molecule has 3 atom stereocenters. The highest BCUT2D eigenvalue weighted by Crippen LogP contribution is 2.58. The van der Waals surface area contributed by atoms with Gasteiger partial charge in [0.25, 0.3) is 0 Å². The molecule has 1 saturated heterocycles. The van der Waals surface area contributed by atoms with Gasteiger partial charge in [-0.05, 0) is 64.2 Å². The molecule has 2 fully saturated rings. The van der Waals surface area contributed by atoms with Crippen LogP contribution in [0.3, 0.4) is 0 Å². The number of halogens is 2. The lowest BCUT2D eigenvalue weighted by atomic mass is 9.69. The lowest BCUT2D eigenvalue weighted by Crippen LogP contribution is -2.67. The van der Waals surface area contributed by atoms with Crippen LogP contribution < -0.4 is 0 Å². The first kappa shape index (κ1) is 20.7. The van der Waals surface area contributed by atoms with Crippen molar-refractivity contribution in [3.8, 4) is 0 Å². The van der Waals surface area contributed by atoms with Crippen molar-refractivity contribution < 1.29 is 28.2 Å². The maximum absolute atomic E-state index is 13.6. The van der Waals surface area contributed by atoms with Crippen LogP contribution in [0.5, 0.6) is 0 Å². The molecule has 0 unspecified atom stereocenters. The second-order valence-electron chi connectivity index (χ2n) is 8.95. The van der Waals surface area contributed by atoms with Crippen molar-refractivity contribution in [1.82, 2.24) is 4.90 Å². The second kappa shape index (κ2) is 6.79. The van der Waals surface area contributed by atoms with Gasteiger partial charge in [0.2, 0.25) is 5.91 Å². The monoisotopic (exact) mass is 395 g/mol. The molecule has 2 aliphatic rings. The van der Waals surface area contributed by atoms with Crippen LogP contribution in [0, 0.1) is 23.0 Å². The number of carbonyl (C=O) groups is 2. The second-order valence-corrected chi connectivity index (χ2v) is 8.95. The van der Waals surface area contributed by atoms with Crippen molar-refractivity contribution in [1.29, 1.82) is 0 Å². The van der Waals surface area contributed by atoms with Crippen molar-refractivity contribution in [2.24, 2.45) is 11.3 Å². The first-order valence-corrected chi connectivity index (χ1v) is 9.57. The van der Waals surface area contributed by atoms with Gasteiger partial charge in [-0.15, -0.1) is 0 Å². The SMILES string of the molecule is CN1C(=O)CC[C@@]2(C(=O)OC(C)(C)C)CC[C@@H](Cc3ccc(F)c(F)c3)[C@@]12O. The summed E-state index contributed by atoms with van der Waals surface area (Å²) in [5.74, 6) is -3.18. The maximum atomic E-state index is 13.6. The first-order valence-electron chi connectivity index (χ1n) is 9.57. The number of esters is 1. The van der Waals surface area contributed by atoms with Gasteiger partial charge < -0.3 is 14.7 Å². The van der Waals surface area contributed by atoms with Crippen molar-refractivity contribution >= 4 is 11.9 Å². The smallest absolute Gasteiger partial charge is 0.317 e. The molecule has 3 rings (SSSR count). The molecule has 28 heavy (non-hydrogen) atoms. The molecule has 5 nitrogen and oxygen atoms in total. The Morgan fingerprint density at radius 3 is 2.57 bits per heavy atom. The third kappa shape index (κ3) is 3.19. The van der Waals surface area contributed by atoms with Gasteiger partial charge in [-0.2, -0.15) is 0 Å². The van der Waals surface area contributed by atoms with Crippen molar-refractivity contribution in [3.63, 3.8) is 0 Å². The van der Waals surface area contributed by atoms with Gasteiger partial charge in [0.15, 0.2) is 17.4 Å². The normalized spacial score (nSPS) is 30.3. The lowest BCUT2D eigenvalue weighted by Gasteiger charge is -2.52. The number of rotatable bonds is 3. The average molecular weight is 395 g/mol. The number of carbonyl (C=O) groups excluding carboxylic acids is 2. The van der Waals surface area contributed by atoms with Crippen molar-refractivity contribution in [2.75, 3.05) is 7.05 Å². The van der Waals surface area contributed by atoms with Crippen LogP contribution in [0.15, 0.2) is 18.2 Å². The van der Waals surface area contributed by atoms with E-state index in [1.54, 1.807) is 20.8 Å². The highest BCUT2D eigenvalue weighted by Gasteiger charge is 2.69. The molecule has 1 aromatic carbocycles. The van der Waals surface area contributed by atoms with Gasteiger partial charge in [0.05, 0.1) is 0 Å². The molecule has 1 heterocycles. The number of benzene rings is 1. The summed E-state index contributed by atoms with van der Waals surface area (Å²) in [5, 5.41) is 11.7. The summed E-state index contributed by atoms with van der Waals surface area (Å²) in [6, 6.07) is 3.59. The Kier molecular flexibility index (Phi) is 5.02. The minimum atomic E-state index is -1.74. The average Bonchev–Trinajstić information content (AvgIpc) is 2.88. The molecule has 1 saturated carbocycles. The molecule has 0 radical (unpaired) electrons. The van der Waals surface area contributed by atoms with Gasteiger partial charge >= 0.3 is 5.97 Å². The van der Waals surface area contributed by atoms with Gasteiger partial charge in [-0.3, -0.25) is 9.59 Å². The van der Waals surface area contributed by atoms with E-state index in [4.69, 9.17) is 4.74 Å². The van der Waals surface area contributed by atoms with Crippen molar-refractivity contribution in [3.05, 3.63) is 35.4 Å². The predicted octanol–water partition coefficient (Wildman–Crippen LogP) is 3.19. The molecule has 0 bridgehead atoms. The Labute approximate surface area is 163 Å². The van der Waals surface area contributed by atoms with Crippen LogP contribution in [-0.4, -0.2) is 40.3 Å². The molecular formula is C21H27F2NO4. The fourth-order valence-electron chi connectivity index (χ4n) is 4.70. The predicted molar refractivity (Wildman–Crippen MR) is 98.0 cm³/mol. The standard InChI is InChI=1S/C21H27F2NO4/c1-19(2,3)28-18(26)20-9-7-14(11-13-5-6-15(22)16(23)12-13)21(20,27)24(4)17(25)8-10-20/h5-6,12,14,27H,7-11H2,1-4H3/t14-,20+,21-/m0/s1. The summed E-state index contributed by atoms with van der Waals surface area (Å²) >= 11 is 0. The lowest BCUT2D eigenvalue weighted by molar-refractivity contribution is -0.231. The molecule has 0 spiro atoms. The van der Waals surface area contributed by atoms with Gasteiger partial charge in [0, 0.05) is 19.4 Å². The molecule has 1 aromatic rings. The molecule has 154 valence electrons. The molecular weight excluding hydrogens is 368 g/mol. The van der Waals surface area contributed by atoms with E-state index >= 15 is 0 Å². The van der Waals surface area contributed by atoms with E-state index in [0.717, 1.165) is 12.1 Å². The maximum Gasteiger partial charge on any atom is 0.317 e. The Balaban J connectivity index is 1.98. The van der Waals surface area contributed by atoms with Gasteiger partial charge in [-0.1, -0.05) is 6.07 Å². The molecule has 1 aliphatic heterocycles. The number of nitrogens with zero attached hydrogens (tertiary/aromatic N) is 1. The number of amides is 1. The molecule has 0 aromatic heterocycles. The summed E-state index contributed by atoms with van der Waals surface area (Å²) in [6.07, 6.45) is 1.40. The highest BCUT2D eigenvalue weighted by molar-refractivity contribution is 5.86. The van der Waals surface area contributed by atoms with Crippen LogP contribution in [-0.2, 0) is 20.7 Å². The summed E-state index contributed by atoms with van der Waals surface area (Å²) in [5.41, 5.74) is -3.20. The zero-order chi connectivity index (χ0) is 20.9. The summed E-state index contributed by atoms with van der Waals surface area (Å²) < 4.78 is 32.5. The van der Waals surface area contributed by atoms with Crippen LogP contribution in [0.1, 0.15) is 52.0 Å². The molecule has 1 N–H and O–H groups in total. The zero-order valence-electron chi connectivity index (χ0n) is 16.7. The van der Waals surface area contributed by atoms with E-state index in [-0.39, 0.29) is 25.2 Å². The third-order valence-electron chi connectivity index (χ3n) is 6.10. The first-order chi connectivity index (χ1) is 12.9. The van der Waals surface area contributed by atoms with E-state index in [1.165, 1.54) is 18.0 Å². The van der Waals surface area contributed by atoms with Gasteiger partial charge in [-0.25, -0.2) is 8.78 Å². The summed E-state index contributed by atoms with van der Waals surface area (Å²) in [4.78, 5) is 26.8. The Hall–Kier alpha value is -2.02. The third-order valence-corrected chi connectivity index (χ3v) is 6.10. The Morgan fingerprint density at radius 1 is 1.29 bits per heavy atom. The fourth-order valence-corrected chi connectivity index (χ4v) is 4.70. The number of fused-ring (bicyclic) bond motifs is 1. The van der Waals surface area contributed by atoms with Crippen LogP contribution in [0.4, 0.5) is 8.78 Å². The molecule has 1 amide bonds. The highest BCUT2D eigenvalue weighted by atomic mass is 19.2. The van der Waals surface area contributed by atoms with Crippen LogP contribution >= 0.6 is 0 Å². The van der Waals surface area contributed by atoms with Crippen molar-refractivity contribution in [2.45, 2.75) is 64.2 Å². The number of ether oxygens (including phenoxy) is 1. The fraction of sp³-hybridized carbons (Fsp3) is 0.619. The zero-order valence-corrected chi connectivity index (χ0v) is 16.7. The minimum absolute atomic E-state index is 0.149. The minimum Gasteiger partial charge on any atom is -0.459 e. The number of hydrogen-bond acceptors (Lipinski definition) is 4. The molecule has 7 heteroatoms. The van der Waals surface area contributed by atoms with E-state index in [2.05, 4.69) is 0 Å². The van der Waals surface area contributed by atoms with Crippen LogP contribution in [0.2, 0.25) is 0 Å². The largest absolute Gasteiger partial charge is 0.459 e.